The topological polar surface area (TPSA) is 321 Å². The molecule has 6 N–H and O–H groups in total. The molecule has 0 aliphatic carbocycles. The number of carboxylic acid groups (broad SMARTS) is 1. The minimum atomic E-state index is -4.49. The molecule has 23 nitrogen and oxygen atoms in total. The fourth-order valence-electron chi connectivity index (χ4n) is 5.76. The minimum absolute atomic E-state index is 0.0235. The van der Waals surface area contributed by atoms with Gasteiger partial charge in [-0.1, -0.05) is 25.0 Å². The first-order valence-electron chi connectivity index (χ1n) is 21.9. The molecule has 0 bridgehead atoms. The van der Waals surface area contributed by atoms with Crippen LogP contribution in [0.25, 0.3) is 22.8 Å². The number of unbranched alkanes of at least 4 members (excludes halogenated alkanes) is 4. The molecule has 2 heterocycles. The van der Waals surface area contributed by atoms with Crippen molar-refractivity contribution in [3.8, 4) is 22.8 Å². The van der Waals surface area contributed by atoms with Gasteiger partial charge in [0.1, 0.15) is 17.2 Å². The normalized spacial score (nSPS) is 12.4. The molecular weight excluding hydrogens is 944 g/mol. The number of ether oxygens (including phenoxy) is 3. The van der Waals surface area contributed by atoms with Crippen LogP contribution in [-0.4, -0.2) is 117 Å². The smallest absolute Gasteiger partial charge is 0.416 e. The quantitative estimate of drug-likeness (QED) is 0.0508. The van der Waals surface area contributed by atoms with Gasteiger partial charge in [0.2, 0.25) is 23.3 Å². The molecule has 0 saturated heterocycles. The highest BCUT2D eigenvalue weighted by molar-refractivity contribution is 6.41. The summed E-state index contributed by atoms with van der Waals surface area (Å²) in [6.07, 6.45) is -1.22. The Morgan fingerprint density at radius 3 is 1.75 bits per heavy atom. The Morgan fingerprint density at radius 1 is 0.704 bits per heavy atom. The summed E-state index contributed by atoms with van der Waals surface area (Å²) in [4.78, 5) is 86.5. The van der Waals surface area contributed by atoms with E-state index in [1.807, 2.05) is 0 Å². The van der Waals surface area contributed by atoms with Crippen molar-refractivity contribution in [2.75, 3.05) is 20.2 Å². The van der Waals surface area contributed by atoms with Crippen molar-refractivity contribution in [3.63, 3.8) is 0 Å². The Balaban J connectivity index is 0.000000480. The van der Waals surface area contributed by atoms with Gasteiger partial charge in [0, 0.05) is 36.2 Å². The Bertz CT molecular complexity index is 2380. The van der Waals surface area contributed by atoms with Crippen molar-refractivity contribution >= 4 is 53.6 Å². The first-order valence-corrected chi connectivity index (χ1v) is 21.9. The number of Topliss-reactive ketones (excluding diaryl/α,β-unsaturated/α-hetero) is 1. The van der Waals surface area contributed by atoms with Crippen LogP contribution < -0.4 is 26.8 Å². The van der Waals surface area contributed by atoms with E-state index >= 15 is 0 Å². The standard InChI is InChI=1S/C27H31F3N6O3.C17H27N5O7.CO2/c1-17-14-20(16-21(15-17)27(28,29)30)23-35-33-22(34-36-23)18-8-10-19(11-9-18)24(37)31-12-6-5-7-13-32-25(38)39-26(2,3)4;1-17(2,3)29-16(27)18-10(14(24)25)8-6-5-7-9-11(23)12-19-21-13(22-20-12)15(26)28-4;2-1-3/h8-11,14-16H,5-7,12-13H2,1-4H3,(H,31,37)(H,32,38);10H,5-9H2,1-4H3,(H,18,27)(H,19,20)(H,21,22)(H,24,25);. The fraction of sp³-hybridized carbons (Fsp3) is 0.489. The molecule has 26 heteroatoms. The average Bonchev–Trinajstić information content (AvgIpc) is 3.29. The first-order chi connectivity index (χ1) is 33.3. The number of alkyl carbamates (subject to hydrolysis) is 2. The number of hydrogen-bond donors (Lipinski definition) is 6. The van der Waals surface area contributed by atoms with Crippen molar-refractivity contribution < 1.29 is 70.8 Å². The number of esters is 1. The number of carbonyl (C=O) groups is 6. The minimum Gasteiger partial charge on any atom is -0.480 e. The third-order valence-corrected chi connectivity index (χ3v) is 8.93. The largest absolute Gasteiger partial charge is 0.480 e. The van der Waals surface area contributed by atoms with Crippen molar-refractivity contribution in [2.45, 2.75) is 123 Å². The summed E-state index contributed by atoms with van der Waals surface area (Å²) in [6, 6.07) is 8.98. The van der Waals surface area contributed by atoms with E-state index in [9.17, 15) is 47.0 Å². The fourth-order valence-corrected chi connectivity index (χ4v) is 5.76. The molecule has 1 atom stereocenters. The number of carbonyl (C=O) groups excluding carboxylic acids is 7. The monoisotopic (exact) mass is 1000 g/mol. The third kappa shape index (κ3) is 23.3. The lowest BCUT2D eigenvalue weighted by Crippen LogP contribution is -2.43. The van der Waals surface area contributed by atoms with Crippen LogP contribution in [0.15, 0.2) is 52.7 Å². The summed E-state index contributed by atoms with van der Waals surface area (Å²) in [5.41, 5.74) is 4.24. The van der Waals surface area contributed by atoms with Gasteiger partial charge in [-0.2, -0.15) is 27.9 Å². The summed E-state index contributed by atoms with van der Waals surface area (Å²) in [6.45, 7) is 13.0. The number of nitrogens with one attached hydrogen (secondary N) is 5. The van der Waals surface area contributed by atoms with Gasteiger partial charge in [-0.05, 0) is 116 Å². The molecule has 1 unspecified atom stereocenters. The van der Waals surface area contributed by atoms with Gasteiger partial charge in [0.05, 0.1) is 12.7 Å². The number of benzene rings is 2. The summed E-state index contributed by atoms with van der Waals surface area (Å²) >= 11 is 0. The van der Waals surface area contributed by atoms with E-state index in [2.05, 4.69) is 62.1 Å². The molecule has 1 aromatic heterocycles. The second kappa shape index (κ2) is 28.6. The maximum atomic E-state index is 13.1. The van der Waals surface area contributed by atoms with Gasteiger partial charge in [-0.15, -0.1) is 25.5 Å². The number of amidine groups is 2. The zero-order valence-corrected chi connectivity index (χ0v) is 40.4. The molecule has 3 amide bonds. The molecule has 0 spiro atoms. The van der Waals surface area contributed by atoms with Crippen LogP contribution in [0.1, 0.15) is 114 Å². The van der Waals surface area contributed by atoms with Gasteiger partial charge in [0.25, 0.3) is 11.7 Å². The van der Waals surface area contributed by atoms with E-state index in [1.54, 1.807) is 72.7 Å². The maximum Gasteiger partial charge on any atom is 0.416 e. The molecule has 0 fully saturated rings. The predicted octanol–water partition coefficient (Wildman–Crippen LogP) is 5.25. The van der Waals surface area contributed by atoms with Crippen molar-refractivity contribution in [3.05, 3.63) is 59.2 Å². The van der Waals surface area contributed by atoms with Gasteiger partial charge >= 0.3 is 36.5 Å². The number of ketones is 1. The molecule has 2 aromatic carbocycles. The van der Waals surface area contributed by atoms with Gasteiger partial charge in [0.15, 0.2) is 0 Å². The van der Waals surface area contributed by atoms with Crippen molar-refractivity contribution in [2.24, 2.45) is 10.2 Å². The highest BCUT2D eigenvalue weighted by Gasteiger charge is 2.31. The molecule has 0 radical (unpaired) electrons. The highest BCUT2D eigenvalue weighted by atomic mass is 19.4. The Kier molecular flexibility index (Phi) is 23.8. The van der Waals surface area contributed by atoms with Crippen LogP contribution in [0.5, 0.6) is 0 Å². The summed E-state index contributed by atoms with van der Waals surface area (Å²) < 4.78 is 54.0. The van der Waals surface area contributed by atoms with Crippen LogP contribution in [0.3, 0.4) is 0 Å². The van der Waals surface area contributed by atoms with Crippen LogP contribution in [0, 0.1) is 6.92 Å². The van der Waals surface area contributed by atoms with Gasteiger partial charge in [-0.25, -0.2) is 19.2 Å². The maximum absolute atomic E-state index is 13.1. The number of nitrogens with zero attached hydrogens (tertiary/aromatic N) is 6. The highest BCUT2D eigenvalue weighted by Crippen LogP contribution is 2.32. The zero-order valence-electron chi connectivity index (χ0n) is 40.4. The number of hydrazone groups is 2. The molecule has 386 valence electrons. The number of carboxylic acids is 1. The molecule has 4 rings (SSSR count). The lowest BCUT2D eigenvalue weighted by molar-refractivity contribution is -0.191. The molecule has 0 saturated carbocycles. The number of aromatic nitrogens is 4. The molecule has 71 heavy (non-hydrogen) atoms. The van der Waals surface area contributed by atoms with E-state index in [-0.39, 0.29) is 59.6 Å². The summed E-state index contributed by atoms with van der Waals surface area (Å²) in [5, 5.41) is 40.3. The Hall–Kier alpha value is -7.89. The zero-order chi connectivity index (χ0) is 53.4. The summed E-state index contributed by atoms with van der Waals surface area (Å²) in [5.74, 6) is -2.47. The number of halogens is 3. The third-order valence-electron chi connectivity index (χ3n) is 8.93. The molecule has 1 aliphatic heterocycles. The Labute approximate surface area is 406 Å². The first kappa shape index (κ1) is 59.2. The number of aryl methyl sites for hydroxylation is 1. The van der Waals surface area contributed by atoms with E-state index in [0.717, 1.165) is 31.4 Å². The SMILES string of the molecule is COC(=O)C1=NNC(C(=O)CCCCCC(NC(=O)OC(C)(C)C)C(=O)O)=NN1.Cc1cc(-c2nnc(-c3ccc(C(=O)NCCCCCNC(=O)OC(C)(C)C)cc3)nn2)cc(C(F)(F)F)c1.O=C=O. The molecule has 3 aromatic rings. The van der Waals surface area contributed by atoms with E-state index in [4.69, 9.17) is 19.1 Å². The number of methoxy groups -OCH3 is 1. The second-order valence-corrected chi connectivity index (χ2v) is 17.2. The van der Waals surface area contributed by atoms with Crippen molar-refractivity contribution in [1.29, 1.82) is 0 Å². The second-order valence-electron chi connectivity index (χ2n) is 17.2. The van der Waals surface area contributed by atoms with E-state index in [1.165, 1.54) is 13.2 Å². The lowest BCUT2D eigenvalue weighted by Gasteiger charge is -2.22. The van der Waals surface area contributed by atoms with Crippen LogP contribution in [0.4, 0.5) is 22.8 Å². The molecule has 1 aliphatic rings. The van der Waals surface area contributed by atoms with E-state index < -0.39 is 53.1 Å². The van der Waals surface area contributed by atoms with Crippen molar-refractivity contribution in [1.82, 2.24) is 47.2 Å². The van der Waals surface area contributed by atoms with Crippen LogP contribution in [0.2, 0.25) is 0 Å². The average molecular weight is 1000 g/mol. The lowest BCUT2D eigenvalue weighted by atomic mass is 10.1. The van der Waals surface area contributed by atoms with Gasteiger partial charge in [-0.3, -0.25) is 20.4 Å². The number of amides is 3. The molecular formula is C45H58F3N11O12. The number of rotatable bonds is 19. The number of alkyl halides is 3. The van der Waals surface area contributed by atoms with Gasteiger partial charge < -0.3 is 35.3 Å². The van der Waals surface area contributed by atoms with Crippen LogP contribution >= 0.6 is 0 Å². The number of hydrogen-bond acceptors (Lipinski definition) is 19. The Morgan fingerprint density at radius 2 is 1.23 bits per heavy atom. The summed E-state index contributed by atoms with van der Waals surface area (Å²) in [7, 11) is 1.19. The van der Waals surface area contributed by atoms with Crippen LogP contribution in [-0.2, 0) is 44.4 Å². The number of aliphatic carboxylic acids is 1. The van der Waals surface area contributed by atoms with E-state index in [0.29, 0.717) is 49.0 Å². The predicted molar refractivity (Wildman–Crippen MR) is 246 cm³/mol.